The Morgan fingerprint density at radius 2 is 2.25 bits per heavy atom. The molecule has 1 aliphatic heterocycles. The maximum atomic E-state index is 8.86. The van der Waals surface area contributed by atoms with Crippen LogP contribution in [0.5, 0.6) is 0 Å². The normalized spacial score (nSPS) is 25.2. The highest BCUT2D eigenvalue weighted by molar-refractivity contribution is 4.91. The van der Waals surface area contributed by atoms with Gasteiger partial charge in [-0.2, -0.15) is 5.26 Å². The van der Waals surface area contributed by atoms with Gasteiger partial charge in [-0.3, -0.25) is 0 Å². The molecule has 0 N–H and O–H groups in total. The minimum atomic E-state index is 0.327. The molecule has 3 heteroatoms. The van der Waals surface area contributed by atoms with Gasteiger partial charge >= 0.3 is 0 Å². The summed E-state index contributed by atoms with van der Waals surface area (Å²) in [6, 6.07) is 2.33. The van der Waals surface area contributed by atoms with Crippen molar-refractivity contribution in [3.63, 3.8) is 0 Å². The van der Waals surface area contributed by atoms with Gasteiger partial charge in [-0.1, -0.05) is 13.8 Å². The molecule has 0 aromatic carbocycles. The van der Waals surface area contributed by atoms with E-state index >= 15 is 0 Å². The number of piperidine rings is 1. The fourth-order valence-corrected chi connectivity index (χ4v) is 2.39. The Morgan fingerprint density at radius 1 is 1.50 bits per heavy atom. The molecule has 1 fully saturated rings. The summed E-state index contributed by atoms with van der Waals surface area (Å²) in [7, 11) is 1.75. The third-order valence-electron chi connectivity index (χ3n) is 3.82. The zero-order valence-corrected chi connectivity index (χ0v) is 10.8. The van der Waals surface area contributed by atoms with Gasteiger partial charge in [-0.15, -0.1) is 0 Å². The van der Waals surface area contributed by atoms with Gasteiger partial charge < -0.3 is 9.64 Å². The van der Waals surface area contributed by atoms with E-state index in [4.69, 9.17) is 10.00 Å². The van der Waals surface area contributed by atoms with Crippen molar-refractivity contribution in [2.75, 3.05) is 33.4 Å². The van der Waals surface area contributed by atoms with Crippen LogP contribution in [0.15, 0.2) is 0 Å². The number of methoxy groups -OCH3 is 1. The first kappa shape index (κ1) is 13.5. The van der Waals surface area contributed by atoms with Crippen LogP contribution in [0.2, 0.25) is 0 Å². The fourth-order valence-electron chi connectivity index (χ4n) is 2.39. The van der Waals surface area contributed by atoms with Gasteiger partial charge in [-0.05, 0) is 30.7 Å². The highest BCUT2D eigenvalue weighted by Crippen LogP contribution is 2.37. The summed E-state index contributed by atoms with van der Waals surface area (Å²) in [4.78, 5) is 2.48. The molecule has 1 rings (SSSR count). The highest BCUT2D eigenvalue weighted by atomic mass is 16.5. The lowest BCUT2D eigenvalue weighted by Crippen LogP contribution is -2.45. The standard InChI is InChI=1S/C13H24N2O/c1-13(2)6-9-15(8-4-10-16-3)11-12(13)5-7-14/h12H,4-6,8-11H2,1-3H3. The molecule has 16 heavy (non-hydrogen) atoms. The molecule has 0 saturated carbocycles. The molecule has 1 saturated heterocycles. The Morgan fingerprint density at radius 3 is 2.88 bits per heavy atom. The van der Waals surface area contributed by atoms with E-state index in [0.717, 1.165) is 26.1 Å². The second kappa shape index (κ2) is 6.22. The molecule has 92 valence electrons. The van der Waals surface area contributed by atoms with Crippen LogP contribution < -0.4 is 0 Å². The third kappa shape index (κ3) is 3.77. The molecule has 3 nitrogen and oxygen atoms in total. The van der Waals surface area contributed by atoms with Crippen molar-refractivity contribution < 1.29 is 4.74 Å². The summed E-state index contributed by atoms with van der Waals surface area (Å²) >= 11 is 0. The van der Waals surface area contributed by atoms with Crippen LogP contribution in [0, 0.1) is 22.7 Å². The van der Waals surface area contributed by atoms with Crippen molar-refractivity contribution in [3.8, 4) is 6.07 Å². The van der Waals surface area contributed by atoms with E-state index in [9.17, 15) is 0 Å². The fraction of sp³-hybridized carbons (Fsp3) is 0.923. The summed E-state index contributed by atoms with van der Waals surface area (Å²) in [6.45, 7) is 8.76. The first-order chi connectivity index (χ1) is 7.60. The van der Waals surface area contributed by atoms with E-state index < -0.39 is 0 Å². The number of ether oxygens (including phenoxy) is 1. The topological polar surface area (TPSA) is 36.3 Å². The number of rotatable bonds is 5. The van der Waals surface area contributed by atoms with Crippen LogP contribution in [0.1, 0.15) is 33.1 Å². The molecule has 0 spiro atoms. The van der Waals surface area contributed by atoms with E-state index in [1.165, 1.54) is 13.0 Å². The first-order valence-electron chi connectivity index (χ1n) is 6.18. The van der Waals surface area contributed by atoms with Gasteiger partial charge in [0, 0.05) is 33.2 Å². The third-order valence-corrected chi connectivity index (χ3v) is 3.82. The molecule has 0 radical (unpaired) electrons. The summed E-state index contributed by atoms with van der Waals surface area (Å²) < 4.78 is 5.07. The molecule has 0 bridgehead atoms. The second-order valence-electron chi connectivity index (χ2n) is 5.44. The average Bonchev–Trinajstić information content (AvgIpc) is 2.23. The number of hydrogen-bond acceptors (Lipinski definition) is 3. The van der Waals surface area contributed by atoms with Crippen molar-refractivity contribution in [3.05, 3.63) is 0 Å². The van der Waals surface area contributed by atoms with Gasteiger partial charge in [0.25, 0.3) is 0 Å². The Labute approximate surface area is 99.4 Å². The summed E-state index contributed by atoms with van der Waals surface area (Å²) in [5, 5.41) is 8.86. The average molecular weight is 224 g/mol. The predicted molar refractivity (Wildman–Crippen MR) is 65.1 cm³/mol. The maximum absolute atomic E-state index is 8.86. The van der Waals surface area contributed by atoms with Gasteiger partial charge in [0.15, 0.2) is 0 Å². The lowest BCUT2D eigenvalue weighted by molar-refractivity contribution is 0.0568. The zero-order chi connectivity index (χ0) is 12.0. The van der Waals surface area contributed by atoms with Crippen LogP contribution in [0.3, 0.4) is 0 Å². The Hall–Kier alpha value is -0.590. The van der Waals surface area contributed by atoms with Crippen molar-refractivity contribution in [2.45, 2.75) is 33.1 Å². The van der Waals surface area contributed by atoms with Gasteiger partial charge in [0.1, 0.15) is 0 Å². The number of nitrogens with zero attached hydrogens (tertiary/aromatic N) is 2. The predicted octanol–water partition coefficient (Wildman–Crippen LogP) is 2.28. The Bertz CT molecular complexity index is 245. The largest absolute Gasteiger partial charge is 0.385 e. The van der Waals surface area contributed by atoms with E-state index in [1.807, 2.05) is 0 Å². The van der Waals surface area contributed by atoms with Crippen molar-refractivity contribution in [2.24, 2.45) is 11.3 Å². The number of hydrogen-bond donors (Lipinski definition) is 0. The molecule has 0 aliphatic carbocycles. The molecule has 1 atom stereocenters. The second-order valence-corrected chi connectivity index (χ2v) is 5.44. The van der Waals surface area contributed by atoms with Crippen molar-refractivity contribution >= 4 is 0 Å². The van der Waals surface area contributed by atoms with Gasteiger partial charge in [0.2, 0.25) is 0 Å². The number of likely N-dealkylation sites (tertiary alicyclic amines) is 1. The van der Waals surface area contributed by atoms with Crippen LogP contribution in [-0.4, -0.2) is 38.3 Å². The lowest BCUT2D eigenvalue weighted by atomic mass is 9.72. The SMILES string of the molecule is COCCCN1CCC(C)(C)C(CC#N)C1. The maximum Gasteiger partial charge on any atom is 0.0625 e. The van der Waals surface area contributed by atoms with E-state index in [-0.39, 0.29) is 0 Å². The van der Waals surface area contributed by atoms with Gasteiger partial charge in [0.05, 0.1) is 6.07 Å². The van der Waals surface area contributed by atoms with Crippen molar-refractivity contribution in [1.82, 2.24) is 4.90 Å². The first-order valence-corrected chi connectivity index (χ1v) is 6.18. The lowest BCUT2D eigenvalue weighted by Gasteiger charge is -2.43. The monoisotopic (exact) mass is 224 g/mol. The summed E-state index contributed by atoms with van der Waals surface area (Å²) in [5.41, 5.74) is 0.327. The smallest absolute Gasteiger partial charge is 0.0625 e. The highest BCUT2D eigenvalue weighted by Gasteiger charge is 2.34. The van der Waals surface area contributed by atoms with Crippen LogP contribution >= 0.6 is 0 Å². The minimum absolute atomic E-state index is 0.327. The molecular formula is C13H24N2O. The molecule has 1 unspecified atom stereocenters. The minimum Gasteiger partial charge on any atom is -0.385 e. The van der Waals surface area contributed by atoms with E-state index in [2.05, 4.69) is 24.8 Å². The summed E-state index contributed by atoms with van der Waals surface area (Å²) in [5.74, 6) is 0.522. The molecule has 0 amide bonds. The molecule has 0 aromatic rings. The Balaban J connectivity index is 2.40. The van der Waals surface area contributed by atoms with Crippen LogP contribution in [0.4, 0.5) is 0 Å². The Kier molecular flexibility index (Phi) is 5.24. The van der Waals surface area contributed by atoms with E-state index in [0.29, 0.717) is 17.8 Å². The quantitative estimate of drug-likeness (QED) is 0.672. The molecule has 1 heterocycles. The zero-order valence-electron chi connectivity index (χ0n) is 10.8. The van der Waals surface area contributed by atoms with Gasteiger partial charge in [-0.25, -0.2) is 0 Å². The van der Waals surface area contributed by atoms with Crippen molar-refractivity contribution in [1.29, 1.82) is 5.26 Å². The number of nitriles is 1. The summed E-state index contributed by atoms with van der Waals surface area (Å²) in [6.07, 6.45) is 2.98. The van der Waals surface area contributed by atoms with E-state index in [1.54, 1.807) is 7.11 Å². The molecular weight excluding hydrogens is 200 g/mol. The molecule has 1 aliphatic rings. The molecule has 0 aromatic heterocycles. The van der Waals surface area contributed by atoms with Crippen LogP contribution in [-0.2, 0) is 4.74 Å². The van der Waals surface area contributed by atoms with Crippen LogP contribution in [0.25, 0.3) is 0 Å².